The predicted molar refractivity (Wildman–Crippen MR) is 97.5 cm³/mol. The lowest BCUT2D eigenvalue weighted by Crippen LogP contribution is -2.51. The minimum absolute atomic E-state index is 0.0308. The smallest absolute Gasteiger partial charge is 0.281 e. The molecule has 0 atom stereocenters. The van der Waals surface area contributed by atoms with Gasteiger partial charge >= 0.3 is 0 Å². The van der Waals surface area contributed by atoms with Gasteiger partial charge in [0.2, 0.25) is 0 Å². The van der Waals surface area contributed by atoms with Crippen molar-refractivity contribution in [1.82, 2.24) is 13.9 Å². The summed E-state index contributed by atoms with van der Waals surface area (Å²) in [7, 11) is -3.36. The number of nitrogens with one attached hydrogen (secondary N) is 1. The maximum absolute atomic E-state index is 12.8. The van der Waals surface area contributed by atoms with E-state index in [1.54, 1.807) is 20.7 Å². The largest absolute Gasteiger partial charge is 0.349 e. The maximum atomic E-state index is 12.8. The average Bonchev–Trinajstić information content (AvgIpc) is 2.93. The Bertz CT molecular complexity index is 662. The van der Waals surface area contributed by atoms with Crippen LogP contribution in [0.15, 0.2) is 30.3 Å². The second kappa shape index (κ2) is 8.29. The fourth-order valence-corrected chi connectivity index (χ4v) is 5.24. The van der Waals surface area contributed by atoms with Crippen molar-refractivity contribution >= 4 is 16.1 Å². The van der Waals surface area contributed by atoms with Crippen LogP contribution in [0.25, 0.3) is 0 Å². The van der Waals surface area contributed by atoms with Gasteiger partial charge in [-0.1, -0.05) is 31.0 Å². The molecule has 2 fully saturated rings. The number of hydrogen-bond donors (Lipinski definition) is 1. The number of carbonyl (C=O) groups is 1. The molecule has 6 nitrogen and oxygen atoms in total. The Morgan fingerprint density at radius 2 is 1.44 bits per heavy atom. The molecule has 0 spiro atoms. The van der Waals surface area contributed by atoms with Crippen molar-refractivity contribution in [2.24, 2.45) is 0 Å². The van der Waals surface area contributed by atoms with E-state index in [1.807, 2.05) is 18.2 Å². The quantitative estimate of drug-likeness (QED) is 0.887. The molecule has 1 N–H and O–H groups in total. The van der Waals surface area contributed by atoms with Gasteiger partial charge in [0.25, 0.3) is 16.1 Å². The van der Waals surface area contributed by atoms with Gasteiger partial charge in [0, 0.05) is 37.8 Å². The lowest BCUT2D eigenvalue weighted by molar-refractivity contribution is 0.0923. The van der Waals surface area contributed by atoms with Crippen LogP contribution in [0.5, 0.6) is 0 Å². The highest BCUT2D eigenvalue weighted by molar-refractivity contribution is 7.86. The molecule has 1 amide bonds. The number of piperidine rings is 1. The molecular weight excluding hydrogens is 338 g/mol. The summed E-state index contributed by atoms with van der Waals surface area (Å²) >= 11 is 0. The van der Waals surface area contributed by atoms with Crippen molar-refractivity contribution in [2.45, 2.75) is 44.6 Å². The minimum atomic E-state index is -3.36. The first-order valence-electron chi connectivity index (χ1n) is 9.18. The first-order valence-corrected chi connectivity index (χ1v) is 10.6. The van der Waals surface area contributed by atoms with E-state index >= 15 is 0 Å². The lowest BCUT2D eigenvalue weighted by atomic mass is 10.1. The van der Waals surface area contributed by atoms with E-state index in [1.165, 1.54) is 0 Å². The van der Waals surface area contributed by atoms with Crippen LogP contribution in [0.1, 0.15) is 48.9 Å². The maximum Gasteiger partial charge on any atom is 0.281 e. The molecule has 0 radical (unpaired) electrons. The summed E-state index contributed by atoms with van der Waals surface area (Å²) in [6.45, 7) is 2.21. The Morgan fingerprint density at radius 1 is 0.880 bits per heavy atom. The average molecular weight is 365 g/mol. The number of rotatable bonds is 4. The van der Waals surface area contributed by atoms with Crippen molar-refractivity contribution in [1.29, 1.82) is 0 Å². The van der Waals surface area contributed by atoms with Gasteiger partial charge in [0.1, 0.15) is 0 Å². The summed E-state index contributed by atoms with van der Waals surface area (Å²) in [5.41, 5.74) is 0.641. The lowest BCUT2D eigenvalue weighted by Gasteiger charge is -2.34. The van der Waals surface area contributed by atoms with E-state index in [0.717, 1.165) is 25.7 Å². The Kier molecular flexibility index (Phi) is 6.09. The first-order chi connectivity index (χ1) is 12.1. The molecule has 138 valence electrons. The predicted octanol–water partition coefficient (Wildman–Crippen LogP) is 2.00. The fraction of sp³-hybridized carbons (Fsp3) is 0.611. The number of benzene rings is 1. The molecular formula is C18H27N3O3S. The van der Waals surface area contributed by atoms with Crippen molar-refractivity contribution < 1.29 is 13.2 Å². The molecule has 0 aromatic heterocycles. The molecule has 25 heavy (non-hydrogen) atoms. The summed E-state index contributed by atoms with van der Waals surface area (Å²) < 4.78 is 28.8. The van der Waals surface area contributed by atoms with Crippen LogP contribution in [0.2, 0.25) is 0 Å². The van der Waals surface area contributed by atoms with Gasteiger partial charge < -0.3 is 5.32 Å². The number of carbonyl (C=O) groups excluding carboxylic acids is 1. The first kappa shape index (κ1) is 18.4. The van der Waals surface area contributed by atoms with Crippen LogP contribution in [-0.4, -0.2) is 55.2 Å². The highest BCUT2D eigenvalue weighted by atomic mass is 32.2. The van der Waals surface area contributed by atoms with E-state index in [4.69, 9.17) is 0 Å². The zero-order valence-electron chi connectivity index (χ0n) is 14.6. The fourth-order valence-electron chi connectivity index (χ4n) is 3.52. The zero-order chi connectivity index (χ0) is 17.7. The topological polar surface area (TPSA) is 69.7 Å². The second-order valence-corrected chi connectivity index (χ2v) is 8.76. The zero-order valence-corrected chi connectivity index (χ0v) is 15.4. The molecule has 7 heteroatoms. The third-order valence-electron chi connectivity index (χ3n) is 5.04. The summed E-state index contributed by atoms with van der Waals surface area (Å²) in [4.78, 5) is 12.2. The second-order valence-electron chi connectivity index (χ2n) is 6.83. The molecule has 2 heterocycles. The van der Waals surface area contributed by atoms with Gasteiger partial charge in [0.15, 0.2) is 0 Å². The number of nitrogens with zero attached hydrogens (tertiary/aromatic N) is 2. The highest BCUT2D eigenvalue weighted by Crippen LogP contribution is 2.20. The van der Waals surface area contributed by atoms with Gasteiger partial charge in [-0.15, -0.1) is 0 Å². The summed E-state index contributed by atoms with van der Waals surface area (Å²) in [6, 6.07) is 9.16. The Morgan fingerprint density at radius 3 is 2.04 bits per heavy atom. The van der Waals surface area contributed by atoms with Crippen LogP contribution in [0.4, 0.5) is 0 Å². The molecule has 2 aliphatic rings. The van der Waals surface area contributed by atoms with Crippen molar-refractivity contribution in [2.75, 3.05) is 26.2 Å². The van der Waals surface area contributed by atoms with Crippen LogP contribution in [-0.2, 0) is 10.2 Å². The van der Waals surface area contributed by atoms with Crippen molar-refractivity contribution in [3.63, 3.8) is 0 Å². The summed E-state index contributed by atoms with van der Waals surface area (Å²) in [6.07, 6.45) is 5.43. The molecule has 2 saturated heterocycles. The normalized spacial score (nSPS) is 21.6. The van der Waals surface area contributed by atoms with Crippen molar-refractivity contribution in [3.05, 3.63) is 35.9 Å². The van der Waals surface area contributed by atoms with Crippen LogP contribution >= 0.6 is 0 Å². The van der Waals surface area contributed by atoms with Gasteiger partial charge in [-0.25, -0.2) is 0 Å². The van der Waals surface area contributed by atoms with Gasteiger partial charge in [0.05, 0.1) is 0 Å². The monoisotopic (exact) mass is 365 g/mol. The molecule has 0 bridgehead atoms. The van der Waals surface area contributed by atoms with E-state index in [-0.39, 0.29) is 11.9 Å². The third kappa shape index (κ3) is 4.59. The molecule has 0 unspecified atom stereocenters. The highest BCUT2D eigenvalue weighted by Gasteiger charge is 2.33. The van der Waals surface area contributed by atoms with Crippen LogP contribution in [0, 0.1) is 0 Å². The molecule has 3 rings (SSSR count). The van der Waals surface area contributed by atoms with Gasteiger partial charge in [-0.3, -0.25) is 4.79 Å². The Balaban J connectivity index is 1.53. The van der Waals surface area contributed by atoms with Crippen molar-refractivity contribution in [3.8, 4) is 0 Å². The van der Waals surface area contributed by atoms with Gasteiger partial charge in [-0.05, 0) is 37.8 Å². The van der Waals surface area contributed by atoms with E-state index in [9.17, 15) is 13.2 Å². The molecule has 2 aliphatic heterocycles. The summed E-state index contributed by atoms with van der Waals surface area (Å²) in [5, 5.41) is 3.02. The Labute approximate surface area is 150 Å². The molecule has 1 aromatic carbocycles. The summed E-state index contributed by atoms with van der Waals surface area (Å²) in [5.74, 6) is -0.0885. The molecule has 0 saturated carbocycles. The number of amides is 1. The van der Waals surface area contributed by atoms with Crippen LogP contribution < -0.4 is 5.32 Å². The SMILES string of the molecule is O=C(NC1CCN(S(=O)(=O)N2CCCCCC2)CC1)c1ccccc1. The van der Waals surface area contributed by atoms with E-state index in [0.29, 0.717) is 44.6 Å². The Hall–Kier alpha value is -1.44. The van der Waals surface area contributed by atoms with E-state index in [2.05, 4.69) is 5.32 Å². The third-order valence-corrected chi connectivity index (χ3v) is 7.08. The van der Waals surface area contributed by atoms with Gasteiger partial charge in [-0.2, -0.15) is 17.0 Å². The van der Waals surface area contributed by atoms with E-state index < -0.39 is 10.2 Å². The minimum Gasteiger partial charge on any atom is -0.349 e. The number of hydrogen-bond acceptors (Lipinski definition) is 3. The van der Waals surface area contributed by atoms with Crippen LogP contribution in [0.3, 0.4) is 0 Å². The molecule has 1 aromatic rings. The molecule has 0 aliphatic carbocycles. The standard InChI is InChI=1S/C18H27N3O3S/c22-18(16-8-4-3-5-9-16)19-17-10-14-21(15-11-17)25(23,24)20-12-6-1-2-7-13-20/h3-5,8-9,17H,1-2,6-7,10-15H2,(H,19,22).